The first-order valence-corrected chi connectivity index (χ1v) is 8.41. The number of fused-ring (bicyclic) bond motifs is 3. The molecule has 0 fully saturated rings. The summed E-state index contributed by atoms with van der Waals surface area (Å²) in [6.45, 7) is 0.369. The van der Waals surface area contributed by atoms with E-state index in [1.807, 2.05) is 30.3 Å². The number of nitrogens with zero attached hydrogens (tertiary/aromatic N) is 2. The Kier molecular flexibility index (Phi) is 4.19. The van der Waals surface area contributed by atoms with Crippen LogP contribution < -0.4 is 19.8 Å². The summed E-state index contributed by atoms with van der Waals surface area (Å²) in [6.07, 6.45) is 1.56. The molecule has 4 aromatic rings. The van der Waals surface area contributed by atoms with Crippen LogP contribution in [0.3, 0.4) is 0 Å². The lowest BCUT2D eigenvalue weighted by molar-refractivity contribution is 0.356. The van der Waals surface area contributed by atoms with Gasteiger partial charge in [0.2, 0.25) is 0 Å². The average molecular weight is 365 g/mol. The fourth-order valence-corrected chi connectivity index (χ4v) is 3.25. The van der Waals surface area contributed by atoms with Gasteiger partial charge in [0.25, 0.3) is 5.56 Å². The fourth-order valence-electron chi connectivity index (χ4n) is 3.25. The number of ether oxygens (including phenoxy) is 3. The predicted molar refractivity (Wildman–Crippen MR) is 103 cm³/mol. The van der Waals surface area contributed by atoms with Crippen LogP contribution in [-0.4, -0.2) is 35.9 Å². The number of rotatable bonds is 5. The molecule has 0 saturated carbocycles. The van der Waals surface area contributed by atoms with E-state index < -0.39 is 0 Å². The lowest BCUT2D eigenvalue weighted by atomic mass is 10.2. The normalized spacial score (nSPS) is 11.1. The molecule has 4 rings (SSSR count). The number of methoxy groups -OCH3 is 3. The van der Waals surface area contributed by atoms with Gasteiger partial charge in [0, 0.05) is 17.0 Å². The first-order valence-electron chi connectivity index (χ1n) is 8.41. The van der Waals surface area contributed by atoms with Gasteiger partial charge in [-0.25, -0.2) is 4.98 Å². The second-order valence-corrected chi connectivity index (χ2v) is 6.09. The van der Waals surface area contributed by atoms with Crippen molar-refractivity contribution >= 4 is 21.9 Å². The third kappa shape index (κ3) is 2.77. The Morgan fingerprint density at radius 2 is 1.70 bits per heavy atom. The first kappa shape index (κ1) is 17.0. The molecule has 7 heteroatoms. The molecule has 2 aromatic carbocycles. The highest BCUT2D eigenvalue weighted by Gasteiger charge is 2.15. The Labute approximate surface area is 155 Å². The smallest absolute Gasteiger partial charge is 0.277 e. The van der Waals surface area contributed by atoms with Crippen molar-refractivity contribution in [1.29, 1.82) is 0 Å². The molecule has 27 heavy (non-hydrogen) atoms. The van der Waals surface area contributed by atoms with E-state index in [0.717, 1.165) is 22.2 Å². The molecule has 0 spiro atoms. The zero-order chi connectivity index (χ0) is 19.0. The molecule has 0 atom stereocenters. The maximum atomic E-state index is 13.0. The molecule has 2 heterocycles. The Morgan fingerprint density at radius 1 is 1.00 bits per heavy atom. The van der Waals surface area contributed by atoms with Gasteiger partial charge in [-0.15, -0.1) is 0 Å². The van der Waals surface area contributed by atoms with Crippen LogP contribution in [0.15, 0.2) is 47.5 Å². The first-order chi connectivity index (χ1) is 13.2. The Bertz CT molecular complexity index is 1190. The third-order valence-electron chi connectivity index (χ3n) is 4.61. The summed E-state index contributed by atoms with van der Waals surface area (Å²) in [7, 11) is 4.76. The summed E-state index contributed by atoms with van der Waals surface area (Å²) < 4.78 is 17.6. The van der Waals surface area contributed by atoms with Gasteiger partial charge in [0.1, 0.15) is 16.8 Å². The van der Waals surface area contributed by atoms with E-state index >= 15 is 0 Å². The van der Waals surface area contributed by atoms with Gasteiger partial charge < -0.3 is 19.2 Å². The molecule has 0 aliphatic heterocycles. The number of aromatic nitrogens is 3. The van der Waals surface area contributed by atoms with E-state index in [4.69, 9.17) is 14.2 Å². The molecule has 138 valence electrons. The summed E-state index contributed by atoms with van der Waals surface area (Å²) >= 11 is 0. The van der Waals surface area contributed by atoms with Crippen LogP contribution in [0, 0.1) is 0 Å². The van der Waals surface area contributed by atoms with E-state index in [9.17, 15) is 4.79 Å². The maximum Gasteiger partial charge on any atom is 0.277 e. The van der Waals surface area contributed by atoms with Gasteiger partial charge in [-0.3, -0.25) is 9.36 Å². The van der Waals surface area contributed by atoms with E-state index in [1.165, 1.54) is 0 Å². The van der Waals surface area contributed by atoms with Gasteiger partial charge >= 0.3 is 0 Å². The second kappa shape index (κ2) is 6.68. The number of H-pyrrole nitrogens is 1. The molecule has 0 saturated heterocycles. The van der Waals surface area contributed by atoms with Gasteiger partial charge in [-0.1, -0.05) is 18.2 Å². The molecule has 7 nitrogen and oxygen atoms in total. The van der Waals surface area contributed by atoms with E-state index in [2.05, 4.69) is 9.97 Å². The van der Waals surface area contributed by atoms with E-state index in [0.29, 0.717) is 29.1 Å². The van der Waals surface area contributed by atoms with Crippen LogP contribution in [0.25, 0.3) is 21.9 Å². The van der Waals surface area contributed by atoms with Gasteiger partial charge in [0.05, 0.1) is 39.7 Å². The standard InChI is InChI=1S/C20H19N3O4/c1-25-15-7-5-4-6-12(15)10-23-11-21-18-13-8-16(26-2)17(27-3)9-14(13)22-19(18)20(23)24/h4-9,11,22H,10H2,1-3H3. The zero-order valence-electron chi connectivity index (χ0n) is 15.3. The van der Waals surface area contributed by atoms with Crippen molar-refractivity contribution in [1.82, 2.24) is 14.5 Å². The molecular weight excluding hydrogens is 346 g/mol. The summed E-state index contributed by atoms with van der Waals surface area (Å²) in [5.74, 6) is 1.91. The number of aromatic amines is 1. The van der Waals surface area contributed by atoms with Crippen LogP contribution in [0.5, 0.6) is 17.2 Å². The minimum atomic E-state index is -0.153. The highest BCUT2D eigenvalue weighted by atomic mass is 16.5. The monoisotopic (exact) mass is 365 g/mol. The molecule has 0 bridgehead atoms. The highest BCUT2D eigenvalue weighted by molar-refractivity contribution is 6.05. The van der Waals surface area contributed by atoms with Crippen LogP contribution in [-0.2, 0) is 6.54 Å². The van der Waals surface area contributed by atoms with Crippen molar-refractivity contribution < 1.29 is 14.2 Å². The van der Waals surface area contributed by atoms with Crippen molar-refractivity contribution in [3.05, 3.63) is 58.6 Å². The molecule has 2 aromatic heterocycles. The maximum absolute atomic E-state index is 13.0. The quantitative estimate of drug-likeness (QED) is 0.588. The van der Waals surface area contributed by atoms with Crippen molar-refractivity contribution in [3.63, 3.8) is 0 Å². The summed E-state index contributed by atoms with van der Waals surface area (Å²) in [5, 5.41) is 0.809. The molecule has 0 amide bonds. The minimum absolute atomic E-state index is 0.153. The van der Waals surface area contributed by atoms with Crippen LogP contribution in [0.4, 0.5) is 0 Å². The molecule has 0 unspecified atom stereocenters. The largest absolute Gasteiger partial charge is 0.496 e. The van der Waals surface area contributed by atoms with Gasteiger partial charge in [0.15, 0.2) is 11.5 Å². The summed E-state index contributed by atoms with van der Waals surface area (Å²) in [4.78, 5) is 20.7. The number of hydrogen-bond donors (Lipinski definition) is 1. The number of nitrogens with one attached hydrogen (secondary N) is 1. The molecular formula is C20H19N3O4. The fraction of sp³-hybridized carbons (Fsp3) is 0.200. The lowest BCUT2D eigenvalue weighted by Gasteiger charge is -2.09. The van der Waals surface area contributed by atoms with Crippen LogP contribution >= 0.6 is 0 Å². The van der Waals surface area contributed by atoms with Crippen molar-refractivity contribution in [2.24, 2.45) is 0 Å². The third-order valence-corrected chi connectivity index (χ3v) is 4.61. The molecule has 0 aliphatic rings. The SMILES string of the molecule is COc1ccccc1Cn1cnc2c([nH]c3cc(OC)c(OC)cc32)c1=O. The minimum Gasteiger partial charge on any atom is -0.496 e. The Balaban J connectivity index is 1.87. The number of hydrogen-bond acceptors (Lipinski definition) is 5. The topological polar surface area (TPSA) is 78.4 Å². The van der Waals surface area contributed by atoms with E-state index in [-0.39, 0.29) is 5.56 Å². The number of para-hydroxylation sites is 1. The Morgan fingerprint density at radius 3 is 2.44 bits per heavy atom. The summed E-state index contributed by atoms with van der Waals surface area (Å²) in [5.41, 5.74) is 2.56. The summed E-state index contributed by atoms with van der Waals surface area (Å²) in [6, 6.07) is 11.2. The average Bonchev–Trinajstić information content (AvgIpc) is 3.07. The number of benzene rings is 2. The van der Waals surface area contributed by atoms with Crippen LogP contribution in [0.2, 0.25) is 0 Å². The van der Waals surface area contributed by atoms with Crippen molar-refractivity contribution in [2.75, 3.05) is 21.3 Å². The van der Waals surface area contributed by atoms with Gasteiger partial charge in [-0.2, -0.15) is 0 Å². The second-order valence-electron chi connectivity index (χ2n) is 6.09. The van der Waals surface area contributed by atoms with E-state index in [1.54, 1.807) is 38.3 Å². The van der Waals surface area contributed by atoms with Crippen LogP contribution in [0.1, 0.15) is 5.56 Å². The molecule has 1 N–H and O–H groups in total. The van der Waals surface area contributed by atoms with Crippen molar-refractivity contribution in [2.45, 2.75) is 6.54 Å². The lowest BCUT2D eigenvalue weighted by Crippen LogP contribution is -2.21. The van der Waals surface area contributed by atoms with Crippen molar-refractivity contribution in [3.8, 4) is 17.2 Å². The molecule has 0 aliphatic carbocycles. The Hall–Kier alpha value is -3.48. The highest BCUT2D eigenvalue weighted by Crippen LogP contribution is 2.34. The molecule has 0 radical (unpaired) electrons. The predicted octanol–water partition coefficient (Wildman–Crippen LogP) is 2.95. The van der Waals surface area contributed by atoms with Gasteiger partial charge in [-0.05, 0) is 12.1 Å². The zero-order valence-corrected chi connectivity index (χ0v) is 15.3.